The maximum Gasteiger partial charge on any atom is 0.170 e. The van der Waals surface area contributed by atoms with Crippen LogP contribution in [-0.2, 0) is 12.8 Å². The first-order valence-corrected chi connectivity index (χ1v) is 5.65. The first-order valence-electron chi connectivity index (χ1n) is 5.65. The van der Waals surface area contributed by atoms with Crippen molar-refractivity contribution in [2.24, 2.45) is 0 Å². The summed E-state index contributed by atoms with van der Waals surface area (Å²) in [6.07, 6.45) is 3.78. The van der Waals surface area contributed by atoms with Crippen molar-refractivity contribution in [3.8, 4) is 11.4 Å². The monoisotopic (exact) mass is 228 g/mol. The molecular weight excluding hydrogens is 216 g/mol. The SMILES string of the molecule is O=Cc1nn(-c2ccc(O)cc2)c2c1CCC2. The van der Waals surface area contributed by atoms with Crippen LogP contribution in [0.4, 0.5) is 0 Å². The Bertz CT molecular complexity index is 570. The Kier molecular flexibility index (Phi) is 2.21. The predicted molar refractivity (Wildman–Crippen MR) is 62.6 cm³/mol. The minimum absolute atomic E-state index is 0.230. The van der Waals surface area contributed by atoms with E-state index in [2.05, 4.69) is 5.10 Å². The molecule has 0 radical (unpaired) electrons. The topological polar surface area (TPSA) is 55.1 Å². The Morgan fingerprint density at radius 1 is 1.24 bits per heavy atom. The van der Waals surface area contributed by atoms with Crippen LogP contribution in [0.3, 0.4) is 0 Å². The minimum atomic E-state index is 0.230. The second kappa shape index (κ2) is 3.73. The molecule has 1 aromatic carbocycles. The standard InChI is InChI=1S/C13H12N2O2/c16-8-12-11-2-1-3-13(11)15(14-12)9-4-6-10(17)7-5-9/h4-8,17H,1-3H2. The average molecular weight is 228 g/mol. The number of phenolic OH excluding ortho intramolecular Hbond substituents is 1. The molecule has 1 aliphatic rings. The van der Waals surface area contributed by atoms with Crippen LogP contribution in [0.5, 0.6) is 5.75 Å². The van der Waals surface area contributed by atoms with E-state index in [0.29, 0.717) is 5.69 Å². The van der Waals surface area contributed by atoms with Gasteiger partial charge in [-0.05, 0) is 43.5 Å². The number of hydrogen-bond acceptors (Lipinski definition) is 3. The van der Waals surface area contributed by atoms with Gasteiger partial charge in [0.15, 0.2) is 6.29 Å². The van der Waals surface area contributed by atoms with Gasteiger partial charge in [0.05, 0.1) is 5.69 Å². The number of fused-ring (bicyclic) bond motifs is 1. The third-order valence-electron chi connectivity index (χ3n) is 3.17. The summed E-state index contributed by atoms with van der Waals surface area (Å²) in [4.78, 5) is 10.9. The molecule has 0 spiro atoms. The molecule has 86 valence electrons. The van der Waals surface area contributed by atoms with Gasteiger partial charge in [-0.15, -0.1) is 0 Å². The largest absolute Gasteiger partial charge is 0.508 e. The summed E-state index contributed by atoms with van der Waals surface area (Å²) in [6.45, 7) is 0. The van der Waals surface area contributed by atoms with Crippen molar-refractivity contribution in [1.29, 1.82) is 0 Å². The molecule has 0 aliphatic heterocycles. The van der Waals surface area contributed by atoms with E-state index in [0.717, 1.165) is 42.5 Å². The molecule has 1 N–H and O–H groups in total. The second-order valence-electron chi connectivity index (χ2n) is 4.21. The Morgan fingerprint density at radius 3 is 2.71 bits per heavy atom. The van der Waals surface area contributed by atoms with Gasteiger partial charge >= 0.3 is 0 Å². The Hall–Kier alpha value is -2.10. The van der Waals surface area contributed by atoms with E-state index in [-0.39, 0.29) is 5.75 Å². The molecule has 1 aromatic heterocycles. The number of rotatable bonds is 2. The van der Waals surface area contributed by atoms with E-state index in [1.807, 2.05) is 4.68 Å². The van der Waals surface area contributed by atoms with Crippen molar-refractivity contribution >= 4 is 6.29 Å². The Morgan fingerprint density at radius 2 is 2.00 bits per heavy atom. The molecule has 1 aliphatic carbocycles. The van der Waals surface area contributed by atoms with Crippen LogP contribution in [-0.4, -0.2) is 21.2 Å². The Labute approximate surface area is 98.5 Å². The van der Waals surface area contributed by atoms with Crippen molar-refractivity contribution in [2.45, 2.75) is 19.3 Å². The van der Waals surface area contributed by atoms with Crippen LogP contribution in [0.25, 0.3) is 5.69 Å². The van der Waals surface area contributed by atoms with Crippen molar-refractivity contribution in [2.75, 3.05) is 0 Å². The number of phenols is 1. The summed E-state index contributed by atoms with van der Waals surface area (Å²) >= 11 is 0. The quantitative estimate of drug-likeness (QED) is 0.798. The van der Waals surface area contributed by atoms with Gasteiger partial charge < -0.3 is 5.11 Å². The van der Waals surface area contributed by atoms with Gasteiger partial charge in [-0.2, -0.15) is 5.10 Å². The van der Waals surface area contributed by atoms with E-state index in [4.69, 9.17) is 0 Å². The number of carbonyl (C=O) groups excluding carboxylic acids is 1. The summed E-state index contributed by atoms with van der Waals surface area (Å²) < 4.78 is 1.81. The fraction of sp³-hybridized carbons (Fsp3) is 0.231. The molecule has 1 heterocycles. The van der Waals surface area contributed by atoms with Crippen molar-refractivity contribution in [3.63, 3.8) is 0 Å². The van der Waals surface area contributed by atoms with Gasteiger partial charge in [-0.25, -0.2) is 4.68 Å². The Balaban J connectivity index is 2.15. The van der Waals surface area contributed by atoms with Gasteiger partial charge in [0.2, 0.25) is 0 Å². The van der Waals surface area contributed by atoms with Gasteiger partial charge in [-0.1, -0.05) is 0 Å². The number of hydrogen-bond donors (Lipinski definition) is 1. The van der Waals surface area contributed by atoms with Gasteiger partial charge in [0.25, 0.3) is 0 Å². The number of aldehydes is 1. The highest BCUT2D eigenvalue weighted by Crippen LogP contribution is 2.27. The van der Waals surface area contributed by atoms with Crippen LogP contribution < -0.4 is 0 Å². The lowest BCUT2D eigenvalue weighted by Crippen LogP contribution is -2.01. The molecule has 0 saturated carbocycles. The average Bonchev–Trinajstić information content (AvgIpc) is 2.91. The van der Waals surface area contributed by atoms with Crippen molar-refractivity contribution in [3.05, 3.63) is 41.2 Å². The zero-order valence-corrected chi connectivity index (χ0v) is 9.26. The lowest BCUT2D eigenvalue weighted by atomic mass is 10.2. The third-order valence-corrected chi connectivity index (χ3v) is 3.17. The van der Waals surface area contributed by atoms with Crippen LogP contribution in [0, 0.1) is 0 Å². The lowest BCUT2D eigenvalue weighted by molar-refractivity contribution is 0.111. The van der Waals surface area contributed by atoms with E-state index in [1.165, 1.54) is 0 Å². The van der Waals surface area contributed by atoms with E-state index < -0.39 is 0 Å². The second-order valence-corrected chi connectivity index (χ2v) is 4.21. The van der Waals surface area contributed by atoms with E-state index in [1.54, 1.807) is 24.3 Å². The molecule has 4 nitrogen and oxygen atoms in total. The number of aromatic hydroxyl groups is 1. The zero-order valence-electron chi connectivity index (χ0n) is 9.26. The molecule has 17 heavy (non-hydrogen) atoms. The van der Waals surface area contributed by atoms with E-state index in [9.17, 15) is 9.90 Å². The maximum absolute atomic E-state index is 10.9. The van der Waals surface area contributed by atoms with Crippen molar-refractivity contribution < 1.29 is 9.90 Å². The molecule has 2 aromatic rings. The molecule has 4 heteroatoms. The molecule has 3 rings (SSSR count). The normalized spacial score (nSPS) is 13.6. The maximum atomic E-state index is 10.9. The summed E-state index contributed by atoms with van der Waals surface area (Å²) in [5.74, 6) is 0.230. The van der Waals surface area contributed by atoms with E-state index >= 15 is 0 Å². The smallest absolute Gasteiger partial charge is 0.170 e. The number of aromatic nitrogens is 2. The fourth-order valence-electron chi connectivity index (χ4n) is 2.37. The molecule has 0 bridgehead atoms. The van der Waals surface area contributed by atoms with Gasteiger partial charge in [0, 0.05) is 11.3 Å². The summed E-state index contributed by atoms with van der Waals surface area (Å²) in [6, 6.07) is 6.85. The molecule has 0 saturated heterocycles. The highest BCUT2D eigenvalue weighted by molar-refractivity contribution is 5.75. The first kappa shape index (κ1) is 10.1. The summed E-state index contributed by atoms with van der Waals surface area (Å²) in [5.41, 5.74) is 3.63. The highest BCUT2D eigenvalue weighted by atomic mass is 16.3. The highest BCUT2D eigenvalue weighted by Gasteiger charge is 2.22. The van der Waals surface area contributed by atoms with Crippen LogP contribution in [0.15, 0.2) is 24.3 Å². The number of carbonyl (C=O) groups is 1. The summed E-state index contributed by atoms with van der Waals surface area (Å²) in [7, 11) is 0. The number of nitrogens with zero attached hydrogens (tertiary/aromatic N) is 2. The van der Waals surface area contributed by atoms with Gasteiger partial charge in [0.1, 0.15) is 11.4 Å². The van der Waals surface area contributed by atoms with Crippen LogP contribution in [0.2, 0.25) is 0 Å². The molecule has 0 fully saturated rings. The van der Waals surface area contributed by atoms with Gasteiger partial charge in [-0.3, -0.25) is 4.79 Å². The zero-order chi connectivity index (χ0) is 11.8. The molecule has 0 amide bonds. The molecule has 0 atom stereocenters. The van der Waals surface area contributed by atoms with Crippen molar-refractivity contribution in [1.82, 2.24) is 9.78 Å². The lowest BCUT2D eigenvalue weighted by Gasteiger charge is -2.05. The molecular formula is C13H12N2O2. The molecule has 0 unspecified atom stereocenters. The predicted octanol–water partition coefficient (Wildman–Crippen LogP) is 1.88. The fourth-order valence-corrected chi connectivity index (χ4v) is 2.37. The third kappa shape index (κ3) is 1.53. The first-order chi connectivity index (χ1) is 8.29. The van der Waals surface area contributed by atoms with Crippen LogP contribution >= 0.6 is 0 Å². The minimum Gasteiger partial charge on any atom is -0.508 e. The number of benzene rings is 1. The summed E-state index contributed by atoms with van der Waals surface area (Å²) in [5, 5.41) is 13.6. The van der Waals surface area contributed by atoms with Crippen LogP contribution in [0.1, 0.15) is 28.2 Å².